The molecule has 2 aromatic heterocycles. The smallest absolute Gasteiger partial charge is 0.208 e. The van der Waals surface area contributed by atoms with Gasteiger partial charge >= 0.3 is 0 Å². The molecule has 3 heterocycles. The van der Waals surface area contributed by atoms with Crippen LogP contribution in [0.5, 0.6) is 0 Å². The molecule has 2 aliphatic rings. The Morgan fingerprint density at radius 1 is 1.11 bits per heavy atom. The molecule has 1 saturated heterocycles. The molecule has 1 aliphatic carbocycles. The quantitative estimate of drug-likeness (QED) is 0.843. The maximum Gasteiger partial charge on any atom is 0.208 e. The summed E-state index contributed by atoms with van der Waals surface area (Å²) in [5.74, 6) is 1.78. The fraction of sp³-hybridized carbons (Fsp3) is 0.500. The lowest BCUT2D eigenvalue weighted by atomic mass is 10.0. The Kier molecular flexibility index (Phi) is 2.72. The van der Waals surface area contributed by atoms with E-state index in [2.05, 4.69) is 20.1 Å². The molecule has 0 N–H and O–H groups in total. The van der Waals surface area contributed by atoms with Crippen LogP contribution >= 0.6 is 11.3 Å². The van der Waals surface area contributed by atoms with Gasteiger partial charge in [-0.1, -0.05) is 23.8 Å². The van der Waals surface area contributed by atoms with Gasteiger partial charge < -0.3 is 4.90 Å². The van der Waals surface area contributed by atoms with E-state index < -0.39 is 0 Å². The van der Waals surface area contributed by atoms with Crippen LogP contribution in [-0.2, 0) is 0 Å². The first-order chi connectivity index (χ1) is 9.40. The minimum Gasteiger partial charge on any atom is -0.346 e. The standard InChI is InChI=1S/C14H16N4S/c1-2-7-15-12(6-1)13-16-17-14(19-13)18-8-10-4-3-5-11(10)9-18/h1-2,6-7,10-11H,3-5,8-9H2. The molecular formula is C14H16N4S. The molecule has 1 saturated carbocycles. The van der Waals surface area contributed by atoms with Crippen LogP contribution in [0.3, 0.4) is 0 Å². The highest BCUT2D eigenvalue weighted by Gasteiger charge is 2.37. The second-order valence-electron chi connectivity index (χ2n) is 5.46. The predicted octanol–water partition coefficient (Wildman–Crippen LogP) is 2.84. The van der Waals surface area contributed by atoms with E-state index in [1.807, 2.05) is 18.2 Å². The number of aromatic nitrogens is 3. The number of nitrogens with zero attached hydrogens (tertiary/aromatic N) is 4. The average molecular weight is 272 g/mol. The van der Waals surface area contributed by atoms with Crippen molar-refractivity contribution in [3.8, 4) is 10.7 Å². The Labute approximate surface area is 116 Å². The fourth-order valence-electron chi connectivity index (χ4n) is 3.33. The van der Waals surface area contributed by atoms with Crippen molar-refractivity contribution >= 4 is 16.5 Å². The first-order valence-electron chi connectivity index (χ1n) is 6.90. The number of hydrogen-bond donors (Lipinski definition) is 0. The topological polar surface area (TPSA) is 41.9 Å². The highest BCUT2D eigenvalue weighted by atomic mass is 32.1. The lowest BCUT2D eigenvalue weighted by Crippen LogP contribution is -2.20. The van der Waals surface area contributed by atoms with Crippen LogP contribution < -0.4 is 4.90 Å². The van der Waals surface area contributed by atoms with E-state index in [9.17, 15) is 0 Å². The molecule has 19 heavy (non-hydrogen) atoms. The molecule has 2 aromatic rings. The van der Waals surface area contributed by atoms with Crippen LogP contribution in [0.15, 0.2) is 24.4 Å². The normalized spacial score (nSPS) is 25.8. The maximum atomic E-state index is 4.36. The minimum atomic E-state index is 0.891. The summed E-state index contributed by atoms with van der Waals surface area (Å²) >= 11 is 1.66. The summed E-state index contributed by atoms with van der Waals surface area (Å²) in [6, 6.07) is 5.90. The van der Waals surface area contributed by atoms with Crippen molar-refractivity contribution < 1.29 is 0 Å². The van der Waals surface area contributed by atoms with Gasteiger partial charge in [-0.15, -0.1) is 10.2 Å². The number of pyridine rings is 1. The van der Waals surface area contributed by atoms with E-state index in [1.54, 1.807) is 17.5 Å². The van der Waals surface area contributed by atoms with Gasteiger partial charge in [0.2, 0.25) is 5.13 Å². The third-order valence-electron chi connectivity index (χ3n) is 4.30. The van der Waals surface area contributed by atoms with E-state index in [0.717, 1.165) is 27.7 Å². The van der Waals surface area contributed by atoms with E-state index in [1.165, 1.54) is 32.4 Å². The summed E-state index contributed by atoms with van der Waals surface area (Å²) in [6.07, 6.45) is 6.01. The van der Waals surface area contributed by atoms with Crippen LogP contribution in [0, 0.1) is 11.8 Å². The molecule has 0 aromatic carbocycles. The van der Waals surface area contributed by atoms with Crippen molar-refractivity contribution in [1.82, 2.24) is 15.2 Å². The van der Waals surface area contributed by atoms with Crippen LogP contribution in [0.25, 0.3) is 10.7 Å². The molecule has 0 amide bonds. The van der Waals surface area contributed by atoms with Crippen molar-refractivity contribution in [2.45, 2.75) is 19.3 Å². The van der Waals surface area contributed by atoms with Gasteiger partial charge in [0, 0.05) is 19.3 Å². The van der Waals surface area contributed by atoms with Gasteiger partial charge in [-0.05, 0) is 36.8 Å². The fourth-order valence-corrected chi connectivity index (χ4v) is 4.17. The molecule has 98 valence electrons. The van der Waals surface area contributed by atoms with E-state index in [0.29, 0.717) is 0 Å². The van der Waals surface area contributed by atoms with Crippen molar-refractivity contribution in [2.75, 3.05) is 18.0 Å². The van der Waals surface area contributed by atoms with Gasteiger partial charge in [0.25, 0.3) is 0 Å². The van der Waals surface area contributed by atoms with Gasteiger partial charge in [0.1, 0.15) is 5.69 Å². The first kappa shape index (κ1) is 11.3. The molecule has 5 heteroatoms. The van der Waals surface area contributed by atoms with Crippen LogP contribution in [0.1, 0.15) is 19.3 Å². The Morgan fingerprint density at radius 2 is 1.95 bits per heavy atom. The van der Waals surface area contributed by atoms with Crippen molar-refractivity contribution in [2.24, 2.45) is 11.8 Å². The van der Waals surface area contributed by atoms with Crippen molar-refractivity contribution in [1.29, 1.82) is 0 Å². The second-order valence-corrected chi connectivity index (χ2v) is 6.42. The van der Waals surface area contributed by atoms with Crippen LogP contribution in [0.4, 0.5) is 5.13 Å². The maximum absolute atomic E-state index is 4.36. The predicted molar refractivity (Wildman–Crippen MR) is 76.2 cm³/mol. The number of hydrogen-bond acceptors (Lipinski definition) is 5. The van der Waals surface area contributed by atoms with Gasteiger partial charge in [-0.3, -0.25) is 4.98 Å². The summed E-state index contributed by atoms with van der Waals surface area (Å²) in [5, 5.41) is 10.6. The molecule has 4 nitrogen and oxygen atoms in total. The molecule has 4 rings (SSSR count). The Morgan fingerprint density at radius 3 is 2.68 bits per heavy atom. The molecule has 0 bridgehead atoms. The van der Waals surface area contributed by atoms with Crippen LogP contribution in [-0.4, -0.2) is 28.3 Å². The largest absolute Gasteiger partial charge is 0.346 e. The highest BCUT2D eigenvalue weighted by Crippen LogP contribution is 2.40. The molecule has 1 aliphatic heterocycles. The lowest BCUT2D eigenvalue weighted by Gasteiger charge is -2.14. The SMILES string of the molecule is c1ccc(-c2nnc(N3CC4CCCC4C3)s2)nc1. The Balaban J connectivity index is 1.56. The van der Waals surface area contributed by atoms with E-state index in [4.69, 9.17) is 0 Å². The molecule has 0 radical (unpaired) electrons. The number of anilines is 1. The van der Waals surface area contributed by atoms with E-state index >= 15 is 0 Å². The molecular weight excluding hydrogens is 256 g/mol. The monoisotopic (exact) mass is 272 g/mol. The number of fused-ring (bicyclic) bond motifs is 1. The Bertz CT molecular complexity index is 556. The zero-order valence-corrected chi connectivity index (χ0v) is 11.5. The summed E-state index contributed by atoms with van der Waals surface area (Å²) in [5.41, 5.74) is 0.922. The van der Waals surface area contributed by atoms with Gasteiger partial charge in [-0.25, -0.2) is 0 Å². The third-order valence-corrected chi connectivity index (χ3v) is 5.30. The van der Waals surface area contributed by atoms with Crippen molar-refractivity contribution in [3.63, 3.8) is 0 Å². The Hall–Kier alpha value is -1.49. The lowest BCUT2D eigenvalue weighted by molar-refractivity contribution is 0.494. The molecule has 2 unspecified atom stereocenters. The van der Waals surface area contributed by atoms with E-state index in [-0.39, 0.29) is 0 Å². The summed E-state index contributed by atoms with van der Waals surface area (Å²) < 4.78 is 0. The summed E-state index contributed by atoms with van der Waals surface area (Å²) in [4.78, 5) is 6.75. The van der Waals surface area contributed by atoms with Gasteiger partial charge in [0.05, 0.1) is 0 Å². The zero-order chi connectivity index (χ0) is 12.7. The summed E-state index contributed by atoms with van der Waals surface area (Å²) in [6.45, 7) is 2.34. The van der Waals surface area contributed by atoms with Gasteiger partial charge in [-0.2, -0.15) is 0 Å². The van der Waals surface area contributed by atoms with Crippen LogP contribution in [0.2, 0.25) is 0 Å². The minimum absolute atomic E-state index is 0.891. The molecule has 0 spiro atoms. The molecule has 2 atom stereocenters. The average Bonchev–Trinajstić information content (AvgIpc) is 3.14. The number of rotatable bonds is 2. The van der Waals surface area contributed by atoms with Crippen molar-refractivity contribution in [3.05, 3.63) is 24.4 Å². The van der Waals surface area contributed by atoms with Gasteiger partial charge in [0.15, 0.2) is 5.01 Å². The third kappa shape index (κ3) is 2.02. The highest BCUT2D eigenvalue weighted by molar-refractivity contribution is 7.18. The zero-order valence-electron chi connectivity index (χ0n) is 10.7. The first-order valence-corrected chi connectivity index (χ1v) is 7.71. The molecule has 2 fully saturated rings. The second kappa shape index (κ2) is 4.56. The summed E-state index contributed by atoms with van der Waals surface area (Å²) in [7, 11) is 0.